The van der Waals surface area contributed by atoms with Crippen LogP contribution in [0.15, 0.2) is 29.6 Å². The summed E-state index contributed by atoms with van der Waals surface area (Å²) in [5.74, 6) is 0.0135. The topological polar surface area (TPSA) is 33.2 Å². The van der Waals surface area contributed by atoms with E-state index in [9.17, 15) is 4.79 Å². The van der Waals surface area contributed by atoms with Crippen LogP contribution in [-0.2, 0) is 0 Å². The maximum absolute atomic E-state index is 12.2. The van der Waals surface area contributed by atoms with Crippen LogP contribution in [0.4, 0.5) is 0 Å². The largest absolute Gasteiger partial charge is 0.338 e. The molecule has 19 heavy (non-hydrogen) atoms. The van der Waals surface area contributed by atoms with Crippen molar-refractivity contribution in [2.24, 2.45) is 0 Å². The first-order valence-electron chi connectivity index (χ1n) is 6.47. The van der Waals surface area contributed by atoms with Crippen LogP contribution >= 0.6 is 11.3 Å². The summed E-state index contributed by atoms with van der Waals surface area (Å²) in [7, 11) is 0. The van der Waals surface area contributed by atoms with Crippen molar-refractivity contribution < 1.29 is 4.79 Å². The molecule has 0 spiro atoms. The van der Waals surface area contributed by atoms with Gasteiger partial charge in [0.1, 0.15) is 10.7 Å². The first kappa shape index (κ1) is 13.7. The summed E-state index contributed by atoms with van der Waals surface area (Å²) >= 11 is 1.52. The maximum Gasteiger partial charge on any atom is 0.273 e. The molecule has 0 fully saturated rings. The molecule has 0 aliphatic carbocycles. The van der Waals surface area contributed by atoms with Gasteiger partial charge in [-0.2, -0.15) is 0 Å². The highest BCUT2D eigenvalue weighted by atomic mass is 32.1. The van der Waals surface area contributed by atoms with Crippen LogP contribution < -0.4 is 0 Å². The summed E-state index contributed by atoms with van der Waals surface area (Å²) < 4.78 is 0. The summed E-state index contributed by atoms with van der Waals surface area (Å²) in [6.07, 6.45) is 0. The van der Waals surface area contributed by atoms with Crippen molar-refractivity contribution in [3.05, 3.63) is 40.9 Å². The van der Waals surface area contributed by atoms with Gasteiger partial charge in [0, 0.05) is 24.0 Å². The highest BCUT2D eigenvalue weighted by molar-refractivity contribution is 7.13. The monoisotopic (exact) mass is 274 g/mol. The van der Waals surface area contributed by atoms with Gasteiger partial charge in [0.25, 0.3) is 5.91 Å². The molecule has 0 atom stereocenters. The number of thiazole rings is 1. The lowest BCUT2D eigenvalue weighted by Gasteiger charge is -2.16. The molecule has 0 saturated carbocycles. The number of hydrogen-bond donors (Lipinski definition) is 0. The van der Waals surface area contributed by atoms with E-state index in [0.29, 0.717) is 18.8 Å². The van der Waals surface area contributed by atoms with Crippen LogP contribution in [0.5, 0.6) is 0 Å². The SMILES string of the molecule is CCN(CC)C(=O)c1csc(-c2ccc(C)cc2)n1. The van der Waals surface area contributed by atoms with E-state index in [1.807, 2.05) is 31.4 Å². The average Bonchev–Trinajstić information content (AvgIpc) is 2.90. The van der Waals surface area contributed by atoms with Gasteiger partial charge in [-0.1, -0.05) is 29.8 Å². The Morgan fingerprint density at radius 2 is 1.84 bits per heavy atom. The highest BCUT2D eigenvalue weighted by Crippen LogP contribution is 2.24. The summed E-state index contributed by atoms with van der Waals surface area (Å²) in [4.78, 5) is 18.4. The lowest BCUT2D eigenvalue weighted by molar-refractivity contribution is 0.0768. The van der Waals surface area contributed by atoms with Gasteiger partial charge < -0.3 is 4.90 Å². The van der Waals surface area contributed by atoms with Crippen molar-refractivity contribution in [2.75, 3.05) is 13.1 Å². The summed E-state index contributed by atoms with van der Waals surface area (Å²) in [6.45, 7) is 7.45. The van der Waals surface area contributed by atoms with Gasteiger partial charge in [0.2, 0.25) is 0 Å². The average molecular weight is 274 g/mol. The Morgan fingerprint density at radius 1 is 1.21 bits per heavy atom. The van der Waals surface area contributed by atoms with E-state index in [0.717, 1.165) is 10.6 Å². The third-order valence-corrected chi connectivity index (χ3v) is 3.96. The van der Waals surface area contributed by atoms with Gasteiger partial charge in [0.05, 0.1) is 0 Å². The van der Waals surface area contributed by atoms with Gasteiger partial charge >= 0.3 is 0 Å². The zero-order valence-corrected chi connectivity index (χ0v) is 12.3. The van der Waals surface area contributed by atoms with Gasteiger partial charge in [-0.3, -0.25) is 4.79 Å². The van der Waals surface area contributed by atoms with Crippen molar-refractivity contribution in [1.82, 2.24) is 9.88 Å². The van der Waals surface area contributed by atoms with E-state index in [1.165, 1.54) is 16.9 Å². The lowest BCUT2D eigenvalue weighted by Crippen LogP contribution is -2.30. The van der Waals surface area contributed by atoms with Crippen molar-refractivity contribution in [1.29, 1.82) is 0 Å². The van der Waals surface area contributed by atoms with Gasteiger partial charge in [-0.25, -0.2) is 4.98 Å². The molecule has 1 aromatic carbocycles. The molecule has 0 saturated heterocycles. The molecule has 1 aromatic heterocycles. The molecule has 3 nitrogen and oxygen atoms in total. The molecule has 0 N–H and O–H groups in total. The first-order valence-corrected chi connectivity index (χ1v) is 7.35. The van der Waals surface area contributed by atoms with Crippen molar-refractivity contribution in [3.8, 4) is 10.6 Å². The molecule has 0 bridgehead atoms. The molecular weight excluding hydrogens is 256 g/mol. The second-order valence-electron chi connectivity index (χ2n) is 4.38. The lowest BCUT2D eigenvalue weighted by atomic mass is 10.2. The Bertz CT molecular complexity index is 556. The predicted octanol–water partition coefficient (Wildman–Crippen LogP) is 3.60. The second-order valence-corrected chi connectivity index (χ2v) is 5.24. The number of carbonyl (C=O) groups is 1. The van der Waals surface area contributed by atoms with Crippen LogP contribution in [0.2, 0.25) is 0 Å². The van der Waals surface area contributed by atoms with Crippen LogP contribution in [-0.4, -0.2) is 28.9 Å². The van der Waals surface area contributed by atoms with Crippen molar-refractivity contribution >= 4 is 17.2 Å². The smallest absolute Gasteiger partial charge is 0.273 e. The van der Waals surface area contributed by atoms with Crippen molar-refractivity contribution in [2.45, 2.75) is 20.8 Å². The summed E-state index contributed by atoms with van der Waals surface area (Å²) in [5.41, 5.74) is 2.83. The number of rotatable bonds is 4. The quantitative estimate of drug-likeness (QED) is 0.853. The minimum Gasteiger partial charge on any atom is -0.338 e. The molecule has 0 aliphatic rings. The Morgan fingerprint density at radius 3 is 2.42 bits per heavy atom. The molecule has 0 aliphatic heterocycles. The number of hydrogen-bond acceptors (Lipinski definition) is 3. The van der Waals surface area contributed by atoms with E-state index in [1.54, 1.807) is 4.90 Å². The summed E-state index contributed by atoms with van der Waals surface area (Å²) in [6, 6.07) is 8.20. The summed E-state index contributed by atoms with van der Waals surface area (Å²) in [5, 5.41) is 2.74. The Balaban J connectivity index is 2.23. The first-order chi connectivity index (χ1) is 9.15. The molecule has 1 amide bonds. The Kier molecular flexibility index (Phi) is 4.32. The number of benzene rings is 1. The molecule has 1 heterocycles. The van der Waals surface area contributed by atoms with Crippen molar-refractivity contribution in [3.63, 3.8) is 0 Å². The van der Waals surface area contributed by atoms with E-state index in [-0.39, 0.29) is 5.91 Å². The van der Waals surface area contributed by atoms with Gasteiger partial charge in [-0.05, 0) is 20.8 Å². The third-order valence-electron chi connectivity index (χ3n) is 3.07. The Labute approximate surface area is 117 Å². The molecule has 2 aromatic rings. The fourth-order valence-corrected chi connectivity index (χ4v) is 2.67. The molecular formula is C15H18N2OS. The fourth-order valence-electron chi connectivity index (χ4n) is 1.87. The molecule has 0 unspecified atom stereocenters. The minimum atomic E-state index is 0.0135. The fraction of sp³-hybridized carbons (Fsp3) is 0.333. The standard InChI is InChI=1S/C15H18N2OS/c1-4-17(5-2)15(18)13-10-19-14(16-13)12-8-6-11(3)7-9-12/h6-10H,4-5H2,1-3H3. The molecule has 100 valence electrons. The number of nitrogens with zero attached hydrogens (tertiary/aromatic N) is 2. The van der Waals surface area contributed by atoms with E-state index in [2.05, 4.69) is 24.0 Å². The zero-order chi connectivity index (χ0) is 13.8. The maximum atomic E-state index is 12.2. The third kappa shape index (κ3) is 3.01. The van der Waals surface area contributed by atoms with Gasteiger partial charge in [-0.15, -0.1) is 11.3 Å². The predicted molar refractivity (Wildman–Crippen MR) is 79.5 cm³/mol. The molecule has 2 rings (SSSR count). The highest BCUT2D eigenvalue weighted by Gasteiger charge is 2.16. The van der Waals surface area contributed by atoms with E-state index < -0.39 is 0 Å². The number of amides is 1. The van der Waals surface area contributed by atoms with Crippen LogP contribution in [0, 0.1) is 6.92 Å². The zero-order valence-electron chi connectivity index (χ0n) is 11.5. The molecule has 0 radical (unpaired) electrons. The van der Waals surface area contributed by atoms with E-state index >= 15 is 0 Å². The van der Waals surface area contributed by atoms with Crippen LogP contribution in [0.3, 0.4) is 0 Å². The minimum absolute atomic E-state index is 0.0135. The normalized spacial score (nSPS) is 10.5. The second kappa shape index (κ2) is 5.97. The number of carbonyl (C=O) groups excluding carboxylic acids is 1. The number of aromatic nitrogens is 1. The van der Waals surface area contributed by atoms with E-state index in [4.69, 9.17) is 0 Å². The number of aryl methyl sites for hydroxylation is 1. The van der Waals surface area contributed by atoms with Crippen LogP contribution in [0.25, 0.3) is 10.6 Å². The van der Waals surface area contributed by atoms with Crippen LogP contribution in [0.1, 0.15) is 29.9 Å². The van der Waals surface area contributed by atoms with Gasteiger partial charge in [0.15, 0.2) is 0 Å². The molecule has 4 heteroatoms. The Hall–Kier alpha value is -1.68.